The Morgan fingerprint density at radius 3 is 2.65 bits per heavy atom. The third-order valence-corrected chi connectivity index (χ3v) is 5.17. The van der Waals surface area contributed by atoms with Crippen molar-refractivity contribution in [2.45, 2.75) is 13.8 Å². The Hall–Kier alpha value is -2.59. The van der Waals surface area contributed by atoms with Crippen molar-refractivity contribution in [2.24, 2.45) is 0 Å². The van der Waals surface area contributed by atoms with Gasteiger partial charge in [-0.15, -0.1) is 11.3 Å². The summed E-state index contributed by atoms with van der Waals surface area (Å²) in [5, 5.41) is 17.6. The molecule has 23 heavy (non-hydrogen) atoms. The summed E-state index contributed by atoms with van der Waals surface area (Å²) in [7, 11) is 0. The van der Waals surface area contributed by atoms with E-state index >= 15 is 0 Å². The molecule has 114 valence electrons. The number of benzene rings is 2. The van der Waals surface area contributed by atoms with Crippen LogP contribution in [-0.4, -0.2) is 10.1 Å². The predicted molar refractivity (Wildman–Crippen MR) is 98.0 cm³/mol. The second kappa shape index (κ2) is 5.25. The summed E-state index contributed by atoms with van der Waals surface area (Å²) in [4.78, 5) is 4.52. The Bertz CT molecular complexity index is 1040. The van der Waals surface area contributed by atoms with Crippen LogP contribution in [0.25, 0.3) is 21.0 Å². The number of aromatic hydroxyl groups is 1. The lowest BCUT2D eigenvalue weighted by Crippen LogP contribution is -1.94. The highest BCUT2D eigenvalue weighted by molar-refractivity contribution is 7.17. The highest BCUT2D eigenvalue weighted by Crippen LogP contribution is 2.34. The van der Waals surface area contributed by atoms with Crippen molar-refractivity contribution in [3.8, 4) is 5.75 Å². The lowest BCUT2D eigenvalue weighted by molar-refractivity contribution is 0.475. The number of nitrogens with zero attached hydrogens (tertiary/aromatic N) is 1. The quantitative estimate of drug-likeness (QED) is 0.478. The number of nitrogens with one attached hydrogen (secondary N) is 1. The first-order valence-corrected chi connectivity index (χ1v) is 8.33. The number of pyridine rings is 1. The second-order valence-corrected chi connectivity index (χ2v) is 6.68. The Morgan fingerprint density at radius 1 is 0.957 bits per heavy atom. The molecule has 2 N–H and O–H groups in total. The first-order chi connectivity index (χ1) is 11.1. The van der Waals surface area contributed by atoms with Crippen LogP contribution in [0, 0.1) is 13.8 Å². The Morgan fingerprint density at radius 2 is 1.83 bits per heavy atom. The van der Waals surface area contributed by atoms with Crippen molar-refractivity contribution < 1.29 is 5.11 Å². The van der Waals surface area contributed by atoms with Crippen LogP contribution < -0.4 is 5.32 Å². The molecule has 2 aromatic heterocycles. The number of aromatic nitrogens is 1. The largest absolute Gasteiger partial charge is 0.508 e. The molecule has 4 rings (SSSR count). The fourth-order valence-corrected chi connectivity index (χ4v) is 3.80. The predicted octanol–water partition coefficient (Wildman–Crippen LogP) is 5.52. The van der Waals surface area contributed by atoms with Gasteiger partial charge in [-0.05, 0) is 72.1 Å². The summed E-state index contributed by atoms with van der Waals surface area (Å²) in [6, 6.07) is 11.7. The van der Waals surface area contributed by atoms with Crippen molar-refractivity contribution in [1.82, 2.24) is 4.98 Å². The van der Waals surface area contributed by atoms with E-state index in [1.54, 1.807) is 23.5 Å². The molecule has 0 unspecified atom stereocenters. The first-order valence-electron chi connectivity index (χ1n) is 7.45. The third kappa shape index (κ3) is 2.41. The Labute approximate surface area is 138 Å². The van der Waals surface area contributed by atoms with Gasteiger partial charge in [0.2, 0.25) is 0 Å². The molecule has 4 heteroatoms. The number of phenolic OH excluding ortho intramolecular Hbond substituents is 1. The normalized spacial score (nSPS) is 11.2. The minimum absolute atomic E-state index is 0.281. The minimum atomic E-state index is 0.281. The van der Waals surface area contributed by atoms with Crippen LogP contribution in [0.5, 0.6) is 5.75 Å². The van der Waals surface area contributed by atoms with E-state index in [4.69, 9.17) is 0 Å². The maximum Gasteiger partial charge on any atom is 0.115 e. The average molecular weight is 320 g/mol. The Kier molecular flexibility index (Phi) is 3.20. The summed E-state index contributed by atoms with van der Waals surface area (Å²) in [5.41, 5.74) is 5.29. The smallest absolute Gasteiger partial charge is 0.115 e. The molecule has 0 bridgehead atoms. The van der Waals surface area contributed by atoms with E-state index in [2.05, 4.69) is 34.7 Å². The van der Waals surface area contributed by atoms with Gasteiger partial charge in [0, 0.05) is 27.7 Å². The number of thiophene rings is 1. The van der Waals surface area contributed by atoms with Crippen LogP contribution in [0.2, 0.25) is 0 Å². The molecule has 2 aromatic carbocycles. The second-order valence-electron chi connectivity index (χ2n) is 5.77. The maximum atomic E-state index is 9.56. The lowest BCUT2D eigenvalue weighted by atomic mass is 10.1. The molecule has 0 aliphatic carbocycles. The van der Waals surface area contributed by atoms with Crippen LogP contribution in [0.1, 0.15) is 11.1 Å². The van der Waals surface area contributed by atoms with Gasteiger partial charge in [0.05, 0.1) is 5.52 Å². The van der Waals surface area contributed by atoms with Crippen molar-refractivity contribution in [3.05, 3.63) is 59.1 Å². The van der Waals surface area contributed by atoms with Gasteiger partial charge in [-0.3, -0.25) is 4.98 Å². The molecule has 0 saturated heterocycles. The first kappa shape index (κ1) is 14.0. The van der Waals surface area contributed by atoms with Crippen LogP contribution in [-0.2, 0) is 0 Å². The van der Waals surface area contributed by atoms with E-state index in [9.17, 15) is 5.11 Å². The van der Waals surface area contributed by atoms with Crippen molar-refractivity contribution in [1.29, 1.82) is 0 Å². The fraction of sp³-hybridized carbons (Fsp3) is 0.105. The molecular formula is C19H16N2OS. The van der Waals surface area contributed by atoms with E-state index < -0.39 is 0 Å². The standard InChI is InChI=1S/C19H16N2OS/c1-11-7-13(22)3-4-16(11)21-17-5-6-20-18-8-14-12(2)10-23-19(14)9-15(17)18/h3-10,22H,1-2H3,(H,20,21). The van der Waals surface area contributed by atoms with Gasteiger partial charge in [-0.25, -0.2) is 0 Å². The zero-order valence-corrected chi connectivity index (χ0v) is 13.7. The lowest BCUT2D eigenvalue weighted by Gasteiger charge is -2.12. The molecule has 0 radical (unpaired) electrons. The molecule has 2 heterocycles. The Balaban J connectivity index is 1.87. The van der Waals surface area contributed by atoms with Crippen molar-refractivity contribution in [2.75, 3.05) is 5.32 Å². The van der Waals surface area contributed by atoms with Gasteiger partial charge >= 0.3 is 0 Å². The van der Waals surface area contributed by atoms with Gasteiger partial charge in [0.1, 0.15) is 5.75 Å². The molecule has 0 fully saturated rings. The summed E-state index contributed by atoms with van der Waals surface area (Å²) >= 11 is 1.76. The van der Waals surface area contributed by atoms with Gasteiger partial charge in [-0.1, -0.05) is 0 Å². The summed E-state index contributed by atoms with van der Waals surface area (Å²) in [6.07, 6.45) is 1.83. The number of hydrogen-bond acceptors (Lipinski definition) is 4. The number of aryl methyl sites for hydroxylation is 2. The molecule has 0 aliphatic rings. The number of anilines is 2. The van der Waals surface area contributed by atoms with Gasteiger partial charge in [0.15, 0.2) is 0 Å². The molecule has 3 nitrogen and oxygen atoms in total. The molecule has 4 aromatic rings. The zero-order chi connectivity index (χ0) is 16.0. The summed E-state index contributed by atoms with van der Waals surface area (Å²) in [6.45, 7) is 4.11. The van der Waals surface area contributed by atoms with E-state index in [0.717, 1.165) is 27.8 Å². The maximum absolute atomic E-state index is 9.56. The highest BCUT2D eigenvalue weighted by Gasteiger charge is 2.08. The summed E-state index contributed by atoms with van der Waals surface area (Å²) < 4.78 is 1.27. The molecule has 0 saturated carbocycles. The zero-order valence-electron chi connectivity index (χ0n) is 12.9. The highest BCUT2D eigenvalue weighted by atomic mass is 32.1. The van der Waals surface area contributed by atoms with Gasteiger partial charge < -0.3 is 10.4 Å². The van der Waals surface area contributed by atoms with E-state index in [-0.39, 0.29) is 5.75 Å². The van der Waals surface area contributed by atoms with E-state index in [1.807, 2.05) is 25.3 Å². The van der Waals surface area contributed by atoms with Crippen molar-refractivity contribution in [3.63, 3.8) is 0 Å². The average Bonchev–Trinajstić information content (AvgIpc) is 2.89. The molecule has 0 amide bonds. The monoisotopic (exact) mass is 320 g/mol. The molecular weight excluding hydrogens is 304 g/mol. The van der Waals surface area contributed by atoms with E-state index in [1.165, 1.54) is 15.6 Å². The van der Waals surface area contributed by atoms with Crippen LogP contribution in [0.4, 0.5) is 11.4 Å². The number of hydrogen-bond donors (Lipinski definition) is 2. The minimum Gasteiger partial charge on any atom is -0.508 e. The number of rotatable bonds is 2. The van der Waals surface area contributed by atoms with Crippen LogP contribution >= 0.6 is 11.3 Å². The van der Waals surface area contributed by atoms with E-state index in [0.29, 0.717) is 0 Å². The van der Waals surface area contributed by atoms with Crippen molar-refractivity contribution >= 4 is 43.7 Å². The third-order valence-electron chi connectivity index (χ3n) is 4.11. The summed E-state index contributed by atoms with van der Waals surface area (Å²) in [5.74, 6) is 0.281. The topological polar surface area (TPSA) is 45.1 Å². The SMILES string of the molecule is Cc1cc(O)ccc1Nc1ccnc2cc3c(C)csc3cc12. The van der Waals surface area contributed by atoms with Crippen LogP contribution in [0.3, 0.4) is 0 Å². The molecule has 0 aliphatic heterocycles. The number of fused-ring (bicyclic) bond motifs is 2. The van der Waals surface area contributed by atoms with Crippen LogP contribution in [0.15, 0.2) is 48.0 Å². The number of phenols is 1. The van der Waals surface area contributed by atoms with Gasteiger partial charge in [0.25, 0.3) is 0 Å². The molecule has 0 spiro atoms. The van der Waals surface area contributed by atoms with Gasteiger partial charge in [-0.2, -0.15) is 0 Å². The fourth-order valence-electron chi connectivity index (χ4n) is 2.84. The molecule has 0 atom stereocenters.